The maximum Gasteiger partial charge on any atom is 0.0402 e. The highest BCUT2D eigenvalue weighted by molar-refractivity contribution is 5.10. The third-order valence-corrected chi connectivity index (χ3v) is 3.49. The number of rotatable bonds is 5. The Labute approximate surface area is 106 Å². The molecule has 0 N–H and O–H groups in total. The van der Waals surface area contributed by atoms with Gasteiger partial charge in [-0.15, -0.1) is 0 Å². The molecule has 2 unspecified atom stereocenters. The minimum Gasteiger partial charge on any atom is -0.349 e. The molecule has 0 amide bonds. The lowest BCUT2D eigenvalue weighted by Gasteiger charge is -2.24. The van der Waals surface area contributed by atoms with Gasteiger partial charge in [0.15, 0.2) is 0 Å². The van der Waals surface area contributed by atoms with Crippen molar-refractivity contribution in [1.29, 1.82) is 0 Å². The molecule has 0 spiro atoms. The first-order valence-electron chi connectivity index (χ1n) is 6.43. The van der Waals surface area contributed by atoms with Crippen LogP contribution in [-0.4, -0.2) is 11.4 Å². The van der Waals surface area contributed by atoms with Gasteiger partial charge in [0.1, 0.15) is 0 Å². The SMILES string of the molecule is C=CN(C/C=C/C1CCC(C)=CC1C)C(=C)C. The highest BCUT2D eigenvalue weighted by Gasteiger charge is 2.16. The fourth-order valence-electron chi connectivity index (χ4n) is 2.32. The van der Waals surface area contributed by atoms with Crippen molar-refractivity contribution >= 4 is 0 Å². The summed E-state index contributed by atoms with van der Waals surface area (Å²) in [7, 11) is 0. The second-order valence-corrected chi connectivity index (χ2v) is 5.07. The summed E-state index contributed by atoms with van der Waals surface area (Å²) < 4.78 is 0. The lowest BCUT2D eigenvalue weighted by atomic mass is 9.82. The summed E-state index contributed by atoms with van der Waals surface area (Å²) in [5.74, 6) is 1.36. The van der Waals surface area contributed by atoms with Gasteiger partial charge in [-0.25, -0.2) is 0 Å². The van der Waals surface area contributed by atoms with E-state index in [0.717, 1.165) is 12.2 Å². The van der Waals surface area contributed by atoms with Crippen LogP contribution < -0.4 is 0 Å². The summed E-state index contributed by atoms with van der Waals surface area (Å²) >= 11 is 0. The van der Waals surface area contributed by atoms with Gasteiger partial charge in [-0.1, -0.05) is 43.9 Å². The Morgan fingerprint density at radius 3 is 2.82 bits per heavy atom. The van der Waals surface area contributed by atoms with Crippen LogP contribution in [0, 0.1) is 11.8 Å². The van der Waals surface area contributed by atoms with E-state index in [1.807, 2.05) is 13.1 Å². The van der Waals surface area contributed by atoms with Crippen molar-refractivity contribution in [3.63, 3.8) is 0 Å². The van der Waals surface area contributed by atoms with E-state index in [0.29, 0.717) is 11.8 Å². The van der Waals surface area contributed by atoms with Gasteiger partial charge in [0.25, 0.3) is 0 Å². The molecule has 0 bridgehead atoms. The molecule has 1 aliphatic carbocycles. The molecule has 0 radical (unpaired) electrons. The minimum absolute atomic E-state index is 0.669. The number of allylic oxidation sites excluding steroid dienone is 4. The molecule has 0 aliphatic heterocycles. The van der Waals surface area contributed by atoms with Crippen LogP contribution in [0.2, 0.25) is 0 Å². The first-order chi connectivity index (χ1) is 8.04. The van der Waals surface area contributed by atoms with Crippen molar-refractivity contribution in [2.24, 2.45) is 11.8 Å². The molecular weight excluding hydrogens is 206 g/mol. The number of hydrogen-bond donors (Lipinski definition) is 0. The van der Waals surface area contributed by atoms with E-state index in [2.05, 4.69) is 50.1 Å². The summed E-state index contributed by atoms with van der Waals surface area (Å²) in [4.78, 5) is 2.06. The normalized spacial score (nSPS) is 24.5. The molecular formula is C16H25N. The Balaban J connectivity index is 2.49. The second-order valence-electron chi connectivity index (χ2n) is 5.07. The monoisotopic (exact) mass is 231 g/mol. The summed E-state index contributed by atoms with van der Waals surface area (Å²) in [6.07, 6.45) is 11.4. The van der Waals surface area contributed by atoms with Gasteiger partial charge < -0.3 is 4.90 Å². The molecule has 0 aromatic carbocycles. The van der Waals surface area contributed by atoms with Crippen LogP contribution in [0.4, 0.5) is 0 Å². The largest absolute Gasteiger partial charge is 0.349 e. The molecule has 0 fully saturated rings. The first kappa shape index (κ1) is 13.8. The molecule has 1 heteroatoms. The van der Waals surface area contributed by atoms with Crippen molar-refractivity contribution < 1.29 is 0 Å². The molecule has 0 saturated heterocycles. The van der Waals surface area contributed by atoms with Crippen molar-refractivity contribution in [1.82, 2.24) is 4.90 Å². The van der Waals surface area contributed by atoms with Gasteiger partial charge in [-0.05, 0) is 44.7 Å². The zero-order chi connectivity index (χ0) is 12.8. The van der Waals surface area contributed by atoms with Crippen molar-refractivity contribution in [3.05, 3.63) is 48.9 Å². The van der Waals surface area contributed by atoms with Gasteiger partial charge in [-0.2, -0.15) is 0 Å². The molecule has 1 rings (SSSR count). The van der Waals surface area contributed by atoms with E-state index >= 15 is 0 Å². The summed E-state index contributed by atoms with van der Waals surface area (Å²) in [5.41, 5.74) is 2.58. The molecule has 17 heavy (non-hydrogen) atoms. The number of nitrogens with zero attached hydrogens (tertiary/aromatic N) is 1. The molecule has 1 aliphatic rings. The van der Waals surface area contributed by atoms with Crippen LogP contribution in [0.25, 0.3) is 0 Å². The Morgan fingerprint density at radius 1 is 1.59 bits per heavy atom. The van der Waals surface area contributed by atoms with E-state index in [1.165, 1.54) is 18.4 Å². The first-order valence-corrected chi connectivity index (χ1v) is 6.43. The lowest BCUT2D eigenvalue weighted by molar-refractivity contribution is 0.445. The smallest absolute Gasteiger partial charge is 0.0402 e. The van der Waals surface area contributed by atoms with E-state index in [4.69, 9.17) is 0 Å². The molecule has 1 nitrogen and oxygen atoms in total. The summed E-state index contributed by atoms with van der Waals surface area (Å²) in [5, 5.41) is 0. The van der Waals surface area contributed by atoms with E-state index in [1.54, 1.807) is 0 Å². The van der Waals surface area contributed by atoms with Crippen LogP contribution in [0.3, 0.4) is 0 Å². The Morgan fingerprint density at radius 2 is 2.29 bits per heavy atom. The van der Waals surface area contributed by atoms with E-state index in [9.17, 15) is 0 Å². The van der Waals surface area contributed by atoms with Gasteiger partial charge >= 0.3 is 0 Å². The molecule has 94 valence electrons. The van der Waals surface area contributed by atoms with Gasteiger partial charge in [0.2, 0.25) is 0 Å². The third-order valence-electron chi connectivity index (χ3n) is 3.49. The van der Waals surface area contributed by atoms with Crippen LogP contribution in [0.15, 0.2) is 48.9 Å². The van der Waals surface area contributed by atoms with Crippen molar-refractivity contribution in [2.75, 3.05) is 6.54 Å². The molecule has 0 aromatic rings. The van der Waals surface area contributed by atoms with Crippen LogP contribution in [0.5, 0.6) is 0 Å². The van der Waals surface area contributed by atoms with E-state index in [-0.39, 0.29) is 0 Å². The average Bonchev–Trinajstić information content (AvgIpc) is 2.26. The predicted octanol–water partition coefficient (Wildman–Crippen LogP) is 4.51. The third kappa shape index (κ3) is 4.26. The summed E-state index contributed by atoms with van der Waals surface area (Å²) in [6, 6.07) is 0. The standard InChI is InChI=1S/C16H25N/c1-6-17(13(2)3)11-7-8-16-10-9-14(4)12-15(16)5/h6-8,12,15-16H,1-2,9-11H2,3-5H3/b8-7+. The Hall–Kier alpha value is -1.24. The van der Waals surface area contributed by atoms with Crippen molar-refractivity contribution in [2.45, 2.75) is 33.6 Å². The molecule has 0 aromatic heterocycles. The van der Waals surface area contributed by atoms with Crippen LogP contribution in [0.1, 0.15) is 33.6 Å². The lowest BCUT2D eigenvalue weighted by Crippen LogP contribution is -2.15. The molecule has 0 heterocycles. The van der Waals surface area contributed by atoms with Gasteiger partial charge in [0, 0.05) is 12.2 Å². The Bertz CT molecular complexity index is 335. The Kier molecular flexibility index (Phi) is 5.27. The van der Waals surface area contributed by atoms with Crippen LogP contribution in [-0.2, 0) is 0 Å². The maximum atomic E-state index is 3.93. The van der Waals surface area contributed by atoms with E-state index < -0.39 is 0 Å². The quantitative estimate of drug-likeness (QED) is 0.629. The highest BCUT2D eigenvalue weighted by atomic mass is 15.1. The summed E-state index contributed by atoms with van der Waals surface area (Å²) in [6.45, 7) is 15.1. The fraction of sp³-hybridized carbons (Fsp3) is 0.500. The molecule has 0 saturated carbocycles. The topological polar surface area (TPSA) is 3.24 Å². The predicted molar refractivity (Wildman–Crippen MR) is 76.5 cm³/mol. The van der Waals surface area contributed by atoms with Crippen molar-refractivity contribution in [3.8, 4) is 0 Å². The fourth-order valence-corrected chi connectivity index (χ4v) is 2.32. The second kappa shape index (κ2) is 6.48. The van der Waals surface area contributed by atoms with Gasteiger partial charge in [0.05, 0.1) is 0 Å². The van der Waals surface area contributed by atoms with Crippen LogP contribution >= 0.6 is 0 Å². The zero-order valence-electron chi connectivity index (χ0n) is 11.4. The zero-order valence-corrected chi connectivity index (χ0v) is 11.4. The highest BCUT2D eigenvalue weighted by Crippen LogP contribution is 2.29. The average molecular weight is 231 g/mol. The number of hydrogen-bond acceptors (Lipinski definition) is 1. The minimum atomic E-state index is 0.669. The maximum absolute atomic E-state index is 3.93. The van der Waals surface area contributed by atoms with Gasteiger partial charge in [-0.3, -0.25) is 0 Å². The molecule has 2 atom stereocenters.